The summed E-state index contributed by atoms with van der Waals surface area (Å²) in [5.74, 6) is 1.72. The molecule has 2 fully saturated rings. The molecule has 1 aromatic carbocycles. The predicted octanol–water partition coefficient (Wildman–Crippen LogP) is 5.26. The Morgan fingerprint density at radius 2 is 1.75 bits per heavy atom. The van der Waals surface area contributed by atoms with Crippen molar-refractivity contribution in [2.75, 3.05) is 19.6 Å². The van der Waals surface area contributed by atoms with E-state index in [9.17, 15) is 0 Å². The van der Waals surface area contributed by atoms with E-state index in [1.807, 2.05) is 6.07 Å². The maximum Gasteiger partial charge on any atom is 0.0409 e. The second-order valence-corrected chi connectivity index (χ2v) is 9.09. The van der Waals surface area contributed by atoms with Gasteiger partial charge in [0.05, 0.1) is 0 Å². The van der Waals surface area contributed by atoms with E-state index < -0.39 is 0 Å². The van der Waals surface area contributed by atoms with Gasteiger partial charge in [0.1, 0.15) is 0 Å². The fourth-order valence-electron chi connectivity index (χ4n) is 4.27. The van der Waals surface area contributed by atoms with Gasteiger partial charge in [-0.05, 0) is 107 Å². The summed E-state index contributed by atoms with van der Waals surface area (Å²) < 4.78 is 1.20. The monoisotopic (exact) mass is 412 g/mol. The van der Waals surface area contributed by atoms with Gasteiger partial charge < -0.3 is 10.6 Å². The first kappa shape index (κ1) is 18.7. The second kappa shape index (κ2) is 9.02. The van der Waals surface area contributed by atoms with Crippen LogP contribution in [-0.2, 0) is 6.42 Å². The number of benzene rings is 1. The maximum absolute atomic E-state index is 6.14. The Kier molecular flexibility index (Phi) is 7.03. The summed E-state index contributed by atoms with van der Waals surface area (Å²) in [6.07, 6.45) is 10.3. The van der Waals surface area contributed by atoms with Gasteiger partial charge in [0.25, 0.3) is 0 Å². The summed E-state index contributed by atoms with van der Waals surface area (Å²) in [6, 6.07) is 6.62. The van der Waals surface area contributed by atoms with Crippen molar-refractivity contribution in [1.29, 1.82) is 0 Å². The van der Waals surface area contributed by atoms with Crippen molar-refractivity contribution in [3.05, 3.63) is 33.3 Å². The molecule has 1 aliphatic carbocycles. The second-order valence-electron chi connectivity index (χ2n) is 7.79. The van der Waals surface area contributed by atoms with Crippen molar-refractivity contribution in [3.8, 4) is 0 Å². The van der Waals surface area contributed by atoms with Crippen molar-refractivity contribution < 1.29 is 0 Å². The van der Waals surface area contributed by atoms with E-state index in [1.54, 1.807) is 0 Å². The lowest BCUT2D eigenvalue weighted by Gasteiger charge is -2.34. The van der Waals surface area contributed by atoms with Crippen LogP contribution in [0.25, 0.3) is 0 Å². The van der Waals surface area contributed by atoms with Crippen LogP contribution in [0.3, 0.4) is 0 Å². The highest BCUT2D eigenvalue weighted by atomic mass is 79.9. The van der Waals surface area contributed by atoms with Crippen LogP contribution < -0.4 is 5.73 Å². The van der Waals surface area contributed by atoms with Crippen molar-refractivity contribution >= 4 is 27.5 Å². The summed E-state index contributed by atoms with van der Waals surface area (Å²) >= 11 is 9.81. The molecule has 3 rings (SSSR count). The van der Waals surface area contributed by atoms with Crippen LogP contribution in [0.4, 0.5) is 0 Å². The minimum absolute atomic E-state index is 0.475. The first-order valence-electron chi connectivity index (χ1n) is 9.52. The molecule has 134 valence electrons. The molecule has 1 aliphatic heterocycles. The number of hydrogen-bond donors (Lipinski definition) is 1. The lowest BCUT2D eigenvalue weighted by Crippen LogP contribution is -2.36. The summed E-state index contributed by atoms with van der Waals surface area (Å²) in [6.45, 7) is 3.80. The van der Waals surface area contributed by atoms with Gasteiger partial charge in [-0.25, -0.2) is 0 Å². The van der Waals surface area contributed by atoms with Crippen LogP contribution in [-0.4, -0.2) is 30.6 Å². The topological polar surface area (TPSA) is 29.3 Å². The lowest BCUT2D eigenvalue weighted by atomic mass is 9.84. The Bertz CT molecular complexity index is 520. The molecule has 2 nitrogen and oxygen atoms in total. The number of hydrogen-bond acceptors (Lipinski definition) is 2. The molecule has 0 bridgehead atoms. The zero-order valence-corrected chi connectivity index (χ0v) is 16.9. The maximum atomic E-state index is 6.14. The quantitative estimate of drug-likeness (QED) is 0.713. The zero-order chi connectivity index (χ0) is 16.9. The van der Waals surface area contributed by atoms with E-state index >= 15 is 0 Å². The Labute approximate surface area is 160 Å². The van der Waals surface area contributed by atoms with E-state index in [2.05, 4.69) is 33.0 Å². The molecule has 2 aliphatic rings. The molecule has 0 unspecified atom stereocenters. The molecule has 1 aromatic rings. The number of nitrogens with zero attached hydrogens (tertiary/aromatic N) is 1. The van der Waals surface area contributed by atoms with E-state index in [4.69, 9.17) is 17.3 Å². The van der Waals surface area contributed by atoms with Crippen molar-refractivity contribution in [1.82, 2.24) is 4.90 Å². The Balaban J connectivity index is 1.39. The molecule has 2 N–H and O–H groups in total. The highest BCUT2D eigenvalue weighted by molar-refractivity contribution is 9.10. The van der Waals surface area contributed by atoms with Gasteiger partial charge in [0.2, 0.25) is 0 Å². The van der Waals surface area contributed by atoms with Gasteiger partial charge in [-0.2, -0.15) is 0 Å². The van der Waals surface area contributed by atoms with Gasteiger partial charge in [0, 0.05) is 15.5 Å². The standard InChI is InChI=1S/C20H30BrClN2/c21-20-6-3-18(22)14-17(20)13-16-8-11-24(12-9-16)10-7-15-1-4-19(23)5-2-15/h3,6,14-16,19H,1-2,4-5,7-13,23H2/t15-,19-. The molecule has 1 heterocycles. The molecule has 1 saturated heterocycles. The third-order valence-electron chi connectivity index (χ3n) is 5.97. The Morgan fingerprint density at radius 1 is 1.04 bits per heavy atom. The molecule has 0 amide bonds. The Hall–Kier alpha value is -0.0900. The third kappa shape index (κ3) is 5.45. The van der Waals surface area contributed by atoms with Gasteiger partial charge in [-0.3, -0.25) is 0 Å². The average Bonchev–Trinajstić information content (AvgIpc) is 2.59. The van der Waals surface area contributed by atoms with Crippen molar-refractivity contribution in [3.63, 3.8) is 0 Å². The van der Waals surface area contributed by atoms with E-state index in [0.717, 1.165) is 23.3 Å². The fraction of sp³-hybridized carbons (Fsp3) is 0.700. The molecule has 0 atom stereocenters. The molecule has 4 heteroatoms. The molecule has 1 saturated carbocycles. The number of piperidine rings is 1. The number of halogens is 2. The van der Waals surface area contributed by atoms with Crippen LogP contribution >= 0.6 is 27.5 Å². The Morgan fingerprint density at radius 3 is 2.46 bits per heavy atom. The van der Waals surface area contributed by atoms with Crippen LogP contribution in [0.1, 0.15) is 50.5 Å². The molecule has 0 radical (unpaired) electrons. The summed E-state index contributed by atoms with van der Waals surface area (Å²) in [5, 5.41) is 0.845. The van der Waals surface area contributed by atoms with Crippen LogP contribution in [0.5, 0.6) is 0 Å². The molecule has 24 heavy (non-hydrogen) atoms. The number of nitrogens with two attached hydrogens (primary N) is 1. The van der Waals surface area contributed by atoms with Crippen LogP contribution in [0.2, 0.25) is 5.02 Å². The molecule has 0 aromatic heterocycles. The minimum Gasteiger partial charge on any atom is -0.328 e. The third-order valence-corrected chi connectivity index (χ3v) is 6.98. The van der Waals surface area contributed by atoms with Gasteiger partial charge >= 0.3 is 0 Å². The smallest absolute Gasteiger partial charge is 0.0409 e. The summed E-state index contributed by atoms with van der Waals surface area (Å²) in [7, 11) is 0. The molecule has 0 spiro atoms. The van der Waals surface area contributed by atoms with Crippen LogP contribution in [0.15, 0.2) is 22.7 Å². The zero-order valence-electron chi connectivity index (χ0n) is 14.5. The first-order chi connectivity index (χ1) is 11.6. The largest absolute Gasteiger partial charge is 0.328 e. The van der Waals surface area contributed by atoms with Gasteiger partial charge in [0.15, 0.2) is 0 Å². The highest BCUT2D eigenvalue weighted by Gasteiger charge is 2.23. The molecular weight excluding hydrogens is 384 g/mol. The van der Waals surface area contributed by atoms with Gasteiger partial charge in [-0.15, -0.1) is 0 Å². The van der Waals surface area contributed by atoms with Crippen LogP contribution in [0, 0.1) is 11.8 Å². The number of likely N-dealkylation sites (tertiary alicyclic amines) is 1. The first-order valence-corrected chi connectivity index (χ1v) is 10.7. The van der Waals surface area contributed by atoms with Gasteiger partial charge in [-0.1, -0.05) is 27.5 Å². The van der Waals surface area contributed by atoms with E-state index in [1.165, 1.54) is 74.6 Å². The molecular formula is C20H30BrClN2. The highest BCUT2D eigenvalue weighted by Crippen LogP contribution is 2.29. The predicted molar refractivity (Wildman–Crippen MR) is 107 cm³/mol. The van der Waals surface area contributed by atoms with E-state index in [0.29, 0.717) is 6.04 Å². The SMILES string of the molecule is N[C@H]1CC[C@H](CCN2CCC(Cc3cc(Cl)ccc3Br)CC2)CC1. The van der Waals surface area contributed by atoms with Crippen molar-refractivity contribution in [2.45, 2.75) is 57.4 Å². The van der Waals surface area contributed by atoms with Crippen molar-refractivity contribution in [2.24, 2.45) is 17.6 Å². The van der Waals surface area contributed by atoms with E-state index in [-0.39, 0.29) is 0 Å². The average molecular weight is 414 g/mol. The normalized spacial score (nSPS) is 26.6. The summed E-state index contributed by atoms with van der Waals surface area (Å²) in [5.41, 5.74) is 7.37. The fourth-order valence-corrected chi connectivity index (χ4v) is 4.87. The summed E-state index contributed by atoms with van der Waals surface area (Å²) in [4.78, 5) is 2.68. The minimum atomic E-state index is 0.475. The lowest BCUT2D eigenvalue weighted by molar-refractivity contribution is 0.165. The number of rotatable bonds is 5.